The monoisotopic (exact) mass is 395 g/mol. The number of rotatable bonds is 7. The minimum absolute atomic E-state index is 0.00896. The van der Waals surface area contributed by atoms with E-state index in [-0.39, 0.29) is 30.0 Å². The van der Waals surface area contributed by atoms with Crippen molar-refractivity contribution in [2.45, 2.75) is 13.0 Å². The molecule has 0 aliphatic carbocycles. The average molecular weight is 395 g/mol. The lowest BCUT2D eigenvalue weighted by Gasteiger charge is -2.17. The molecule has 0 radical (unpaired) electrons. The summed E-state index contributed by atoms with van der Waals surface area (Å²) in [5, 5.41) is 4.63. The summed E-state index contributed by atoms with van der Waals surface area (Å²) in [4.78, 5) is 47.9. The Labute approximate surface area is 160 Å². The zero-order valence-electron chi connectivity index (χ0n) is 15.2. The number of ether oxygens (including phenoxy) is 2. The molecule has 10 heteroatoms. The van der Waals surface area contributed by atoms with Crippen molar-refractivity contribution in [2.75, 3.05) is 33.1 Å². The Morgan fingerprint density at radius 2 is 1.89 bits per heavy atom. The number of amides is 4. The molecule has 1 aromatic carbocycles. The minimum atomic E-state index is -0.839. The molecule has 0 saturated carbocycles. The molecule has 146 valence electrons. The van der Waals surface area contributed by atoms with Crippen molar-refractivity contribution in [2.24, 2.45) is 0 Å². The van der Waals surface area contributed by atoms with Gasteiger partial charge in [-0.05, 0) is 24.6 Å². The van der Waals surface area contributed by atoms with Gasteiger partial charge in [0.1, 0.15) is 0 Å². The van der Waals surface area contributed by atoms with E-state index in [2.05, 4.69) is 10.6 Å². The molecule has 0 bridgehead atoms. The molecule has 1 atom stereocenters. The van der Waals surface area contributed by atoms with Crippen molar-refractivity contribution in [3.8, 4) is 11.5 Å². The van der Waals surface area contributed by atoms with Gasteiger partial charge >= 0.3 is 11.8 Å². The first-order valence-electron chi connectivity index (χ1n) is 8.15. The Hall–Kier alpha value is -2.75. The number of hydrogen-bond acceptors (Lipinski definition) is 7. The first kappa shape index (κ1) is 20.6. The van der Waals surface area contributed by atoms with Gasteiger partial charge in [0.15, 0.2) is 11.5 Å². The van der Waals surface area contributed by atoms with E-state index in [1.54, 1.807) is 25.1 Å². The summed E-state index contributed by atoms with van der Waals surface area (Å²) in [7, 11) is 3.03. The van der Waals surface area contributed by atoms with Crippen molar-refractivity contribution >= 4 is 34.7 Å². The van der Waals surface area contributed by atoms with Crippen LogP contribution in [0.3, 0.4) is 0 Å². The molecule has 4 amide bonds. The molecule has 0 spiro atoms. The average Bonchev–Trinajstić information content (AvgIpc) is 2.99. The van der Waals surface area contributed by atoms with E-state index < -0.39 is 17.9 Å². The van der Waals surface area contributed by atoms with Crippen LogP contribution in [0, 0.1) is 0 Å². The van der Waals surface area contributed by atoms with Crippen LogP contribution in [0.2, 0.25) is 0 Å². The molecule has 1 aliphatic heterocycles. The van der Waals surface area contributed by atoms with E-state index in [1.165, 1.54) is 14.2 Å². The third-order valence-corrected chi connectivity index (χ3v) is 4.78. The summed E-state index contributed by atoms with van der Waals surface area (Å²) in [6.45, 7) is 1.77. The van der Waals surface area contributed by atoms with E-state index in [0.717, 1.165) is 22.2 Å². The van der Waals surface area contributed by atoms with E-state index in [9.17, 15) is 19.2 Å². The summed E-state index contributed by atoms with van der Waals surface area (Å²) < 4.78 is 10.4. The normalized spacial score (nSPS) is 14.7. The van der Waals surface area contributed by atoms with E-state index in [1.807, 2.05) is 0 Å². The van der Waals surface area contributed by atoms with Crippen LogP contribution in [0.15, 0.2) is 18.2 Å². The SMILES string of the molecule is COc1ccc(C(C)NC(=O)C(=O)NCCN2C(=O)CSC2=O)cc1OC. The maximum Gasteiger partial charge on any atom is 0.309 e. The molecule has 0 aromatic heterocycles. The third kappa shape index (κ3) is 5.13. The lowest BCUT2D eigenvalue weighted by molar-refractivity contribution is -0.139. The number of imide groups is 1. The number of thioether (sulfide) groups is 1. The summed E-state index contributed by atoms with van der Waals surface area (Å²) in [6, 6.07) is 4.73. The molecule has 9 nitrogen and oxygen atoms in total. The number of carbonyl (C=O) groups is 4. The number of methoxy groups -OCH3 is 2. The standard InChI is InChI=1S/C17H21N3O6S/c1-10(11-4-5-12(25-2)13(8-11)26-3)19-16(23)15(22)18-6-7-20-14(21)9-27-17(20)24/h4-5,8,10H,6-7,9H2,1-3H3,(H,18,22)(H,19,23). The summed E-state index contributed by atoms with van der Waals surface area (Å²) in [6.07, 6.45) is 0. The second kappa shape index (κ2) is 9.26. The molecule has 1 saturated heterocycles. The second-order valence-electron chi connectivity index (χ2n) is 5.67. The number of hydrogen-bond donors (Lipinski definition) is 2. The van der Waals surface area contributed by atoms with Gasteiger partial charge in [-0.15, -0.1) is 0 Å². The lowest BCUT2D eigenvalue weighted by atomic mass is 10.1. The molecule has 1 heterocycles. The predicted molar refractivity (Wildman–Crippen MR) is 98.7 cm³/mol. The highest BCUT2D eigenvalue weighted by atomic mass is 32.2. The van der Waals surface area contributed by atoms with Gasteiger partial charge in [-0.3, -0.25) is 24.1 Å². The van der Waals surface area contributed by atoms with Gasteiger partial charge in [0.05, 0.1) is 26.0 Å². The zero-order valence-corrected chi connectivity index (χ0v) is 16.1. The zero-order chi connectivity index (χ0) is 20.0. The van der Waals surface area contributed by atoms with Crippen LogP contribution >= 0.6 is 11.8 Å². The largest absolute Gasteiger partial charge is 0.493 e. The van der Waals surface area contributed by atoms with Crippen LogP contribution in [0.25, 0.3) is 0 Å². The van der Waals surface area contributed by atoms with Gasteiger partial charge in [-0.25, -0.2) is 0 Å². The Kier molecular flexibility index (Phi) is 7.05. The van der Waals surface area contributed by atoms with Gasteiger partial charge in [0.25, 0.3) is 5.24 Å². The smallest absolute Gasteiger partial charge is 0.309 e. The molecule has 1 unspecified atom stereocenters. The Morgan fingerprint density at radius 1 is 1.19 bits per heavy atom. The fraction of sp³-hybridized carbons (Fsp3) is 0.412. The second-order valence-corrected chi connectivity index (χ2v) is 6.59. The van der Waals surface area contributed by atoms with Crippen molar-refractivity contribution in [1.29, 1.82) is 0 Å². The summed E-state index contributed by atoms with van der Waals surface area (Å²) in [5.74, 6) is -0.776. The number of nitrogens with one attached hydrogen (secondary N) is 2. The quantitative estimate of drug-likeness (QED) is 0.653. The Morgan fingerprint density at radius 3 is 2.48 bits per heavy atom. The van der Waals surface area contributed by atoms with E-state index >= 15 is 0 Å². The van der Waals surface area contributed by atoms with E-state index in [0.29, 0.717) is 11.5 Å². The van der Waals surface area contributed by atoms with Gasteiger partial charge < -0.3 is 20.1 Å². The van der Waals surface area contributed by atoms with Crippen molar-refractivity contribution in [1.82, 2.24) is 15.5 Å². The maximum atomic E-state index is 12.0. The lowest BCUT2D eigenvalue weighted by Crippen LogP contribution is -2.44. The van der Waals surface area contributed by atoms with Crippen LogP contribution < -0.4 is 20.1 Å². The number of benzene rings is 1. The highest BCUT2D eigenvalue weighted by molar-refractivity contribution is 8.14. The van der Waals surface area contributed by atoms with E-state index in [4.69, 9.17) is 9.47 Å². The molecule has 1 aromatic rings. The van der Waals surface area contributed by atoms with Crippen LogP contribution in [-0.2, 0) is 14.4 Å². The van der Waals surface area contributed by atoms with Crippen molar-refractivity contribution in [3.63, 3.8) is 0 Å². The summed E-state index contributed by atoms with van der Waals surface area (Å²) in [5.41, 5.74) is 0.735. The molecule has 1 aliphatic rings. The van der Waals surface area contributed by atoms with Crippen LogP contribution in [0.5, 0.6) is 11.5 Å². The van der Waals surface area contributed by atoms with Gasteiger partial charge in [0, 0.05) is 13.1 Å². The third-order valence-electron chi connectivity index (χ3n) is 3.92. The van der Waals surface area contributed by atoms with Crippen LogP contribution in [0.4, 0.5) is 4.79 Å². The molecule has 27 heavy (non-hydrogen) atoms. The predicted octanol–water partition coefficient (Wildman–Crippen LogP) is 0.693. The molecular weight excluding hydrogens is 374 g/mol. The molecule has 2 rings (SSSR count). The van der Waals surface area contributed by atoms with Gasteiger partial charge in [0.2, 0.25) is 5.91 Å². The molecular formula is C17H21N3O6S. The maximum absolute atomic E-state index is 12.0. The van der Waals surface area contributed by atoms with Crippen molar-refractivity contribution in [3.05, 3.63) is 23.8 Å². The molecule has 1 fully saturated rings. The Bertz CT molecular complexity index is 738. The van der Waals surface area contributed by atoms with Gasteiger partial charge in [-0.2, -0.15) is 0 Å². The first-order chi connectivity index (χ1) is 12.9. The fourth-order valence-electron chi connectivity index (χ4n) is 2.43. The van der Waals surface area contributed by atoms with Crippen LogP contribution in [-0.4, -0.2) is 60.9 Å². The van der Waals surface area contributed by atoms with Crippen LogP contribution in [0.1, 0.15) is 18.5 Å². The number of carbonyl (C=O) groups excluding carboxylic acids is 4. The fourth-order valence-corrected chi connectivity index (χ4v) is 3.18. The summed E-state index contributed by atoms with van der Waals surface area (Å²) >= 11 is 0.916. The molecule has 2 N–H and O–H groups in total. The number of nitrogens with zero attached hydrogens (tertiary/aromatic N) is 1. The minimum Gasteiger partial charge on any atom is -0.493 e. The Balaban J connectivity index is 1.85. The highest BCUT2D eigenvalue weighted by Crippen LogP contribution is 2.29. The first-order valence-corrected chi connectivity index (χ1v) is 9.13. The van der Waals surface area contributed by atoms with Gasteiger partial charge in [-0.1, -0.05) is 17.8 Å². The highest BCUT2D eigenvalue weighted by Gasteiger charge is 2.29. The topological polar surface area (TPSA) is 114 Å². The van der Waals surface area contributed by atoms with Crippen molar-refractivity contribution < 1.29 is 28.7 Å².